The van der Waals surface area contributed by atoms with Crippen molar-refractivity contribution in [2.24, 2.45) is 0 Å². The van der Waals surface area contributed by atoms with Gasteiger partial charge in [-0.05, 0) is 17.2 Å². The molecule has 10 nitrogen and oxygen atoms in total. The lowest BCUT2D eigenvalue weighted by atomic mass is 10.3. The van der Waals surface area contributed by atoms with E-state index in [0.717, 1.165) is 24.6 Å². The van der Waals surface area contributed by atoms with Gasteiger partial charge in [-0.25, -0.2) is 9.42 Å². The van der Waals surface area contributed by atoms with E-state index in [1.54, 1.807) is 6.92 Å². The van der Waals surface area contributed by atoms with Crippen molar-refractivity contribution in [3.05, 3.63) is 11.4 Å². The summed E-state index contributed by atoms with van der Waals surface area (Å²) in [6.45, 7) is 4.34. The number of carbonyl (C=O) groups excluding carboxylic acids is 1. The molecular weight excluding hydrogens is 322 g/mol. The van der Waals surface area contributed by atoms with E-state index in [1.165, 1.54) is 4.68 Å². The lowest BCUT2D eigenvalue weighted by molar-refractivity contribution is 0.0516. The third-order valence-corrected chi connectivity index (χ3v) is 4.35. The van der Waals surface area contributed by atoms with Gasteiger partial charge in [0.25, 0.3) is 0 Å². The van der Waals surface area contributed by atoms with Gasteiger partial charge in [0, 0.05) is 31.1 Å². The first-order valence-electron chi connectivity index (χ1n) is 7.21. The number of rotatable bonds is 5. The van der Waals surface area contributed by atoms with E-state index in [0.29, 0.717) is 12.2 Å². The Balaban J connectivity index is 1.95. The molecule has 1 aliphatic heterocycles. The highest BCUT2D eigenvalue weighted by Gasteiger charge is 2.26. The first-order valence-corrected chi connectivity index (χ1v) is 8.36. The van der Waals surface area contributed by atoms with Gasteiger partial charge in [0.15, 0.2) is 5.69 Å². The molecule has 0 aromatic carbocycles. The van der Waals surface area contributed by atoms with Gasteiger partial charge in [-0.15, -0.1) is 5.10 Å². The largest absolute Gasteiger partial charge is 0.461 e. The van der Waals surface area contributed by atoms with Gasteiger partial charge in [0.2, 0.25) is 11.6 Å². The summed E-state index contributed by atoms with van der Waals surface area (Å²) in [6, 6.07) is 0. The zero-order chi connectivity index (χ0) is 16.2. The van der Waals surface area contributed by atoms with E-state index in [4.69, 9.17) is 10.5 Å². The van der Waals surface area contributed by atoms with Crippen LogP contribution in [0.2, 0.25) is 0 Å². The van der Waals surface area contributed by atoms with E-state index in [1.807, 2.05) is 11.8 Å². The topological polar surface area (TPSA) is 125 Å². The van der Waals surface area contributed by atoms with Gasteiger partial charge in [0.05, 0.1) is 12.3 Å². The molecular formula is C12H17N7O3S. The summed E-state index contributed by atoms with van der Waals surface area (Å²) in [5, 5.41) is 15.2. The fourth-order valence-corrected chi connectivity index (χ4v) is 3.26. The molecule has 0 saturated carbocycles. The highest BCUT2D eigenvalue weighted by atomic mass is 32.2. The molecule has 11 heteroatoms. The summed E-state index contributed by atoms with van der Waals surface area (Å²) < 4.78 is 11.1. The molecule has 0 radical (unpaired) electrons. The average molecular weight is 339 g/mol. The summed E-state index contributed by atoms with van der Waals surface area (Å²) >= 11 is 1.91. The Morgan fingerprint density at radius 1 is 1.39 bits per heavy atom. The molecule has 3 rings (SSSR count). The van der Waals surface area contributed by atoms with Crippen LogP contribution in [0.4, 0.5) is 5.82 Å². The highest BCUT2D eigenvalue weighted by molar-refractivity contribution is 7.99. The van der Waals surface area contributed by atoms with Crippen LogP contribution in [0.5, 0.6) is 0 Å². The van der Waals surface area contributed by atoms with Crippen LogP contribution in [0, 0.1) is 0 Å². The molecule has 0 bridgehead atoms. The normalized spacial score (nSPS) is 15.7. The summed E-state index contributed by atoms with van der Waals surface area (Å²) in [7, 11) is 0. The number of anilines is 1. The number of esters is 1. The Morgan fingerprint density at radius 2 is 2.17 bits per heavy atom. The molecule has 0 atom stereocenters. The molecule has 1 fully saturated rings. The summed E-state index contributed by atoms with van der Waals surface area (Å²) in [6.07, 6.45) is 0. The van der Waals surface area contributed by atoms with Crippen LogP contribution in [0.3, 0.4) is 0 Å². The predicted octanol–water partition coefficient (Wildman–Crippen LogP) is -0.0420. The second-order valence-corrected chi connectivity index (χ2v) is 6.10. The smallest absolute Gasteiger partial charge is 0.360 e. The van der Waals surface area contributed by atoms with Crippen LogP contribution in [0.1, 0.15) is 23.1 Å². The Hall–Kier alpha value is -2.14. The second kappa shape index (κ2) is 6.96. The maximum atomic E-state index is 12.1. The van der Waals surface area contributed by atoms with E-state index in [-0.39, 0.29) is 23.9 Å². The Labute approximate surface area is 136 Å². The van der Waals surface area contributed by atoms with Crippen molar-refractivity contribution in [3.8, 4) is 5.82 Å². The maximum Gasteiger partial charge on any atom is 0.360 e. The van der Waals surface area contributed by atoms with Gasteiger partial charge < -0.3 is 10.5 Å². The second-order valence-electron chi connectivity index (χ2n) is 4.88. The first-order chi connectivity index (χ1) is 11.2. The minimum Gasteiger partial charge on any atom is -0.461 e. The van der Waals surface area contributed by atoms with Crippen LogP contribution < -0.4 is 5.73 Å². The molecule has 0 aliphatic carbocycles. The lowest BCUT2D eigenvalue weighted by Crippen LogP contribution is -2.33. The van der Waals surface area contributed by atoms with Gasteiger partial charge >= 0.3 is 5.97 Å². The maximum absolute atomic E-state index is 12.1. The van der Waals surface area contributed by atoms with Crippen LogP contribution in [-0.4, -0.2) is 67.4 Å². The summed E-state index contributed by atoms with van der Waals surface area (Å²) in [5.41, 5.74) is 6.46. The monoisotopic (exact) mass is 339 g/mol. The van der Waals surface area contributed by atoms with E-state index in [2.05, 4.69) is 30.2 Å². The zero-order valence-corrected chi connectivity index (χ0v) is 13.5. The van der Waals surface area contributed by atoms with E-state index < -0.39 is 5.97 Å². The summed E-state index contributed by atoms with van der Waals surface area (Å²) in [4.78, 5) is 14.3. The molecule has 0 amide bonds. The summed E-state index contributed by atoms with van der Waals surface area (Å²) in [5.74, 6) is 1.87. The van der Waals surface area contributed by atoms with Crippen molar-refractivity contribution < 1.29 is 14.2 Å². The van der Waals surface area contributed by atoms with E-state index >= 15 is 0 Å². The average Bonchev–Trinajstić information content (AvgIpc) is 3.14. The van der Waals surface area contributed by atoms with Crippen molar-refractivity contribution in [1.82, 2.24) is 30.2 Å². The number of nitrogen functional groups attached to an aromatic ring is 1. The third kappa shape index (κ3) is 3.29. The minimum absolute atomic E-state index is 0.0840. The van der Waals surface area contributed by atoms with Gasteiger partial charge in [-0.3, -0.25) is 4.90 Å². The van der Waals surface area contributed by atoms with Crippen LogP contribution >= 0.6 is 11.8 Å². The van der Waals surface area contributed by atoms with Crippen LogP contribution in [0.15, 0.2) is 4.63 Å². The predicted molar refractivity (Wildman–Crippen MR) is 82.2 cm³/mol. The fraction of sp³-hybridized carbons (Fsp3) is 0.583. The molecule has 1 saturated heterocycles. The SMILES string of the molecule is CCOC(=O)c1nnn(-c2nonc2N)c1CN1CCSCC1. The van der Waals surface area contributed by atoms with Crippen molar-refractivity contribution >= 4 is 23.5 Å². The minimum atomic E-state index is -0.518. The molecule has 0 unspecified atom stereocenters. The molecule has 0 spiro atoms. The highest BCUT2D eigenvalue weighted by Crippen LogP contribution is 2.20. The van der Waals surface area contributed by atoms with Crippen molar-refractivity contribution in [2.75, 3.05) is 36.9 Å². The number of hydrogen-bond donors (Lipinski definition) is 1. The Morgan fingerprint density at radius 3 is 2.83 bits per heavy atom. The molecule has 23 heavy (non-hydrogen) atoms. The van der Waals surface area contributed by atoms with Crippen molar-refractivity contribution in [2.45, 2.75) is 13.5 Å². The van der Waals surface area contributed by atoms with Crippen molar-refractivity contribution in [3.63, 3.8) is 0 Å². The number of nitrogens with zero attached hydrogens (tertiary/aromatic N) is 6. The quantitative estimate of drug-likeness (QED) is 0.741. The zero-order valence-electron chi connectivity index (χ0n) is 12.6. The lowest BCUT2D eigenvalue weighted by Gasteiger charge is -2.26. The standard InChI is InChI=1S/C12H17N7O3S/c1-2-21-12(20)9-8(7-18-3-5-23-6-4-18)19(17-14-9)11-10(13)15-22-16-11/h2-7H2,1H3,(H2,13,15). The number of carbonyl (C=O) groups is 1. The molecule has 124 valence electrons. The van der Waals surface area contributed by atoms with Gasteiger partial charge in [0.1, 0.15) is 0 Å². The van der Waals surface area contributed by atoms with Crippen molar-refractivity contribution in [1.29, 1.82) is 0 Å². The first kappa shape index (κ1) is 15.7. The molecule has 2 aromatic heterocycles. The Bertz CT molecular complexity index is 680. The number of ether oxygens (including phenoxy) is 1. The van der Waals surface area contributed by atoms with Gasteiger partial charge in [-0.1, -0.05) is 5.21 Å². The van der Waals surface area contributed by atoms with Gasteiger partial charge in [-0.2, -0.15) is 16.4 Å². The molecule has 2 N–H and O–H groups in total. The number of aromatic nitrogens is 5. The molecule has 2 aromatic rings. The van der Waals surface area contributed by atoms with E-state index in [9.17, 15) is 4.79 Å². The molecule has 1 aliphatic rings. The van der Waals surface area contributed by atoms with Crippen LogP contribution in [-0.2, 0) is 11.3 Å². The number of nitrogens with two attached hydrogens (primary N) is 1. The fourth-order valence-electron chi connectivity index (χ4n) is 2.28. The third-order valence-electron chi connectivity index (χ3n) is 3.41. The Kier molecular flexibility index (Phi) is 4.76. The number of hydrogen-bond acceptors (Lipinski definition) is 10. The number of thioether (sulfide) groups is 1. The van der Waals surface area contributed by atoms with Crippen LogP contribution in [0.25, 0.3) is 5.82 Å². The molecule has 3 heterocycles.